The maximum Gasteiger partial charge on any atom is 0.509 e. The van der Waals surface area contributed by atoms with Gasteiger partial charge in [0.15, 0.2) is 0 Å². The zero-order chi connectivity index (χ0) is 31.7. The van der Waals surface area contributed by atoms with Crippen LogP contribution in [-0.4, -0.2) is 17.4 Å². The fraction of sp³-hybridized carbons (Fsp3) is 0.973. The van der Waals surface area contributed by atoms with Crippen LogP contribution >= 0.6 is 0 Å². The van der Waals surface area contributed by atoms with Crippen LogP contribution in [0.4, 0.5) is 4.79 Å². The lowest BCUT2D eigenvalue weighted by Crippen LogP contribution is -2.69. The van der Waals surface area contributed by atoms with Gasteiger partial charge in [0.05, 0.1) is 0 Å². The van der Waals surface area contributed by atoms with Crippen molar-refractivity contribution in [2.75, 3.05) is 0 Å². The van der Waals surface area contributed by atoms with Gasteiger partial charge in [-0.25, -0.2) is 4.79 Å². The van der Waals surface area contributed by atoms with Crippen LogP contribution in [0.2, 0.25) is 0 Å². The lowest BCUT2D eigenvalue weighted by molar-refractivity contribution is -0.274. The summed E-state index contributed by atoms with van der Waals surface area (Å²) in [7, 11) is 0. The van der Waals surface area contributed by atoms with Crippen LogP contribution in [0.1, 0.15) is 194 Å². The fourth-order valence-electron chi connectivity index (χ4n) is 11.7. The molecule has 0 aromatic carbocycles. The zero-order valence-electron chi connectivity index (χ0n) is 30.4. The van der Waals surface area contributed by atoms with Crippen LogP contribution < -0.4 is 0 Å². The third-order valence-corrected chi connectivity index (χ3v) is 13.3. The molecule has 0 aliphatic carbocycles. The van der Waals surface area contributed by atoms with E-state index in [0.717, 1.165) is 51.4 Å². The van der Waals surface area contributed by atoms with Crippen molar-refractivity contribution < 1.29 is 14.3 Å². The molecule has 40 heavy (non-hydrogen) atoms. The van der Waals surface area contributed by atoms with Gasteiger partial charge in [-0.3, -0.25) is 0 Å². The van der Waals surface area contributed by atoms with Gasteiger partial charge in [-0.1, -0.05) is 90.0 Å². The Kier molecular flexibility index (Phi) is 14.9. The summed E-state index contributed by atoms with van der Waals surface area (Å²) in [5, 5.41) is 0. The van der Waals surface area contributed by atoms with Crippen molar-refractivity contribution in [1.82, 2.24) is 0 Å². The van der Waals surface area contributed by atoms with Gasteiger partial charge in [0, 0.05) is 5.41 Å². The molecule has 0 fully saturated rings. The summed E-state index contributed by atoms with van der Waals surface area (Å²) in [5.74, 6) is 0. The van der Waals surface area contributed by atoms with Crippen LogP contribution in [-0.2, 0) is 9.47 Å². The number of ether oxygens (including phenoxy) is 2. The molecule has 0 aromatic heterocycles. The summed E-state index contributed by atoms with van der Waals surface area (Å²) in [6.07, 6.45) is 13.5. The number of rotatable bonds is 19. The summed E-state index contributed by atoms with van der Waals surface area (Å²) in [4.78, 5) is 13.5. The van der Waals surface area contributed by atoms with E-state index in [9.17, 15) is 4.79 Å². The van der Waals surface area contributed by atoms with Gasteiger partial charge >= 0.3 is 6.16 Å². The van der Waals surface area contributed by atoms with E-state index < -0.39 is 17.4 Å². The maximum absolute atomic E-state index is 13.5. The standard InChI is InChI=1S/C37H74O3/c1-17-32(18-2,19-3)33(20-4,21-5)34(22-6,23-7)35(24-8,25-9)36(26-10,27-11)37(28-12,29-13)40-30(38)39-31(14,15)16/h17-29H2,1-16H3. The number of carbonyl (C=O) groups excluding carboxylic acids is 1. The van der Waals surface area contributed by atoms with Gasteiger partial charge < -0.3 is 9.47 Å². The molecule has 0 unspecified atom stereocenters. The summed E-state index contributed by atoms with van der Waals surface area (Å²) >= 11 is 0. The van der Waals surface area contributed by atoms with Crippen LogP contribution in [0.15, 0.2) is 0 Å². The summed E-state index contributed by atoms with van der Waals surface area (Å²) < 4.78 is 12.6. The monoisotopic (exact) mass is 567 g/mol. The van der Waals surface area contributed by atoms with Crippen LogP contribution in [0, 0.1) is 27.1 Å². The lowest BCUT2D eigenvalue weighted by Gasteiger charge is -2.73. The average Bonchev–Trinajstić information content (AvgIpc) is 2.95. The molecule has 0 saturated heterocycles. The molecule has 0 aliphatic rings. The first-order valence-corrected chi connectivity index (χ1v) is 17.6. The van der Waals surface area contributed by atoms with E-state index in [2.05, 4.69) is 90.0 Å². The Balaban J connectivity index is 8.23. The molecule has 0 bridgehead atoms. The average molecular weight is 567 g/mol. The fourth-order valence-corrected chi connectivity index (χ4v) is 11.7. The third kappa shape index (κ3) is 5.64. The molecule has 240 valence electrons. The first kappa shape index (κ1) is 39.3. The molecule has 0 heterocycles. The Bertz CT molecular complexity index is 711. The number of carbonyl (C=O) groups is 1. The first-order chi connectivity index (χ1) is 18.6. The van der Waals surface area contributed by atoms with Crippen molar-refractivity contribution in [2.24, 2.45) is 27.1 Å². The highest BCUT2D eigenvalue weighted by molar-refractivity contribution is 5.61. The first-order valence-electron chi connectivity index (χ1n) is 17.6. The normalized spacial score (nSPS) is 14.4. The summed E-state index contributed by atoms with van der Waals surface area (Å²) in [6.45, 7) is 37.2. The van der Waals surface area contributed by atoms with Gasteiger partial charge in [0.1, 0.15) is 11.2 Å². The molecule has 3 heteroatoms. The molecule has 0 rings (SSSR count). The second kappa shape index (κ2) is 15.1. The van der Waals surface area contributed by atoms with Crippen molar-refractivity contribution in [3.05, 3.63) is 0 Å². The van der Waals surface area contributed by atoms with Crippen LogP contribution in [0.5, 0.6) is 0 Å². The Morgan fingerprint density at radius 1 is 0.400 bits per heavy atom. The lowest BCUT2D eigenvalue weighted by atomic mass is 9.31. The molecule has 0 spiro atoms. The molecule has 0 radical (unpaired) electrons. The van der Waals surface area contributed by atoms with E-state index in [1.54, 1.807) is 0 Å². The van der Waals surface area contributed by atoms with Crippen molar-refractivity contribution in [3.8, 4) is 0 Å². The van der Waals surface area contributed by atoms with Crippen LogP contribution in [0.3, 0.4) is 0 Å². The van der Waals surface area contributed by atoms with Crippen LogP contribution in [0.25, 0.3) is 0 Å². The highest BCUT2D eigenvalue weighted by atomic mass is 16.7. The largest absolute Gasteiger partial charge is 0.509 e. The molecule has 0 amide bonds. The van der Waals surface area contributed by atoms with E-state index >= 15 is 0 Å². The molecule has 0 atom stereocenters. The quantitative estimate of drug-likeness (QED) is 0.146. The topological polar surface area (TPSA) is 35.5 Å². The van der Waals surface area contributed by atoms with Gasteiger partial charge in [0.25, 0.3) is 0 Å². The Morgan fingerprint density at radius 2 is 0.700 bits per heavy atom. The van der Waals surface area contributed by atoms with Crippen molar-refractivity contribution in [3.63, 3.8) is 0 Å². The second-order valence-corrected chi connectivity index (χ2v) is 13.8. The number of hydrogen-bond donors (Lipinski definition) is 0. The summed E-state index contributed by atoms with van der Waals surface area (Å²) in [6, 6.07) is 0. The molecule has 0 aliphatic heterocycles. The summed E-state index contributed by atoms with van der Waals surface area (Å²) in [5.41, 5.74) is -0.919. The van der Waals surface area contributed by atoms with Crippen molar-refractivity contribution >= 4 is 6.16 Å². The molecular weight excluding hydrogens is 492 g/mol. The minimum Gasteiger partial charge on any atom is -0.429 e. The van der Waals surface area contributed by atoms with E-state index in [4.69, 9.17) is 9.47 Å². The predicted octanol–water partition coefficient (Wildman–Crippen LogP) is 12.9. The van der Waals surface area contributed by atoms with Gasteiger partial charge in [-0.15, -0.1) is 0 Å². The highest BCUT2D eigenvalue weighted by Gasteiger charge is 2.72. The van der Waals surface area contributed by atoms with E-state index in [0.29, 0.717) is 0 Å². The SMILES string of the molecule is CCC(CC)(CC)C(CC)(CC)C(CC)(CC)C(CC)(CC)C(CC)(CC)C(CC)(CC)OC(=O)OC(C)(C)C. The molecule has 0 N–H and O–H groups in total. The second-order valence-electron chi connectivity index (χ2n) is 13.8. The Hall–Kier alpha value is -0.730. The number of hydrogen-bond acceptors (Lipinski definition) is 3. The maximum atomic E-state index is 13.5. The van der Waals surface area contributed by atoms with E-state index in [1.165, 1.54) is 32.1 Å². The molecule has 0 saturated carbocycles. The third-order valence-electron chi connectivity index (χ3n) is 13.3. The predicted molar refractivity (Wildman–Crippen MR) is 176 cm³/mol. The van der Waals surface area contributed by atoms with E-state index in [1.807, 2.05) is 20.8 Å². The zero-order valence-corrected chi connectivity index (χ0v) is 30.4. The molecule has 3 nitrogen and oxygen atoms in total. The van der Waals surface area contributed by atoms with Gasteiger partial charge in [-0.2, -0.15) is 0 Å². The smallest absolute Gasteiger partial charge is 0.429 e. The van der Waals surface area contributed by atoms with Crippen molar-refractivity contribution in [2.45, 2.75) is 205 Å². The minimum absolute atomic E-state index is 0.0299. The Labute approximate surface area is 252 Å². The van der Waals surface area contributed by atoms with E-state index in [-0.39, 0.29) is 27.1 Å². The van der Waals surface area contributed by atoms with Gasteiger partial charge in [-0.05, 0) is 126 Å². The Morgan fingerprint density at radius 3 is 0.925 bits per heavy atom. The van der Waals surface area contributed by atoms with Gasteiger partial charge in [0.2, 0.25) is 0 Å². The van der Waals surface area contributed by atoms with Crippen molar-refractivity contribution in [1.29, 1.82) is 0 Å². The minimum atomic E-state index is -0.610. The molecular formula is C37H74O3. The molecule has 0 aromatic rings. The highest BCUT2D eigenvalue weighted by Crippen LogP contribution is 2.77.